The van der Waals surface area contributed by atoms with E-state index in [1.807, 2.05) is 25.1 Å². The minimum atomic E-state index is 0.601. The second kappa shape index (κ2) is 4.04. The van der Waals surface area contributed by atoms with E-state index in [2.05, 4.69) is 15.0 Å². The molecule has 0 saturated heterocycles. The number of hydrogen-bond acceptors (Lipinski definition) is 4. The number of ether oxygens (including phenoxy) is 1. The fourth-order valence-corrected chi connectivity index (χ4v) is 1.26. The lowest BCUT2D eigenvalue weighted by Gasteiger charge is -2.02. The molecule has 0 aromatic carbocycles. The molecule has 0 saturated carbocycles. The third-order valence-corrected chi connectivity index (χ3v) is 2.05. The Balaban J connectivity index is 2.37. The average molecular weight is 201 g/mol. The van der Waals surface area contributed by atoms with E-state index in [0.717, 1.165) is 17.0 Å². The topological polar surface area (TPSA) is 47.9 Å². The monoisotopic (exact) mass is 201 g/mol. The summed E-state index contributed by atoms with van der Waals surface area (Å²) in [6.07, 6.45) is 3.29. The zero-order valence-corrected chi connectivity index (χ0v) is 8.64. The SMILES string of the molecule is COc1ccc(-c2cc(C)ncn2)cn1. The van der Waals surface area contributed by atoms with E-state index in [0.29, 0.717) is 5.88 Å². The molecule has 0 aliphatic rings. The summed E-state index contributed by atoms with van der Waals surface area (Å²) in [5, 5.41) is 0. The van der Waals surface area contributed by atoms with Crippen LogP contribution >= 0.6 is 0 Å². The smallest absolute Gasteiger partial charge is 0.212 e. The van der Waals surface area contributed by atoms with Gasteiger partial charge in [-0.2, -0.15) is 0 Å². The van der Waals surface area contributed by atoms with Crippen LogP contribution in [0.2, 0.25) is 0 Å². The number of aryl methyl sites for hydroxylation is 1. The van der Waals surface area contributed by atoms with E-state index in [9.17, 15) is 0 Å². The molecule has 0 atom stereocenters. The van der Waals surface area contributed by atoms with Gasteiger partial charge in [0.25, 0.3) is 0 Å². The number of aromatic nitrogens is 3. The summed E-state index contributed by atoms with van der Waals surface area (Å²) in [5.74, 6) is 0.601. The Hall–Kier alpha value is -1.97. The zero-order chi connectivity index (χ0) is 10.7. The molecule has 0 bridgehead atoms. The fraction of sp³-hybridized carbons (Fsp3) is 0.182. The van der Waals surface area contributed by atoms with E-state index >= 15 is 0 Å². The van der Waals surface area contributed by atoms with Crippen LogP contribution in [-0.2, 0) is 0 Å². The summed E-state index contributed by atoms with van der Waals surface area (Å²) in [5.41, 5.74) is 2.77. The van der Waals surface area contributed by atoms with Gasteiger partial charge in [-0.25, -0.2) is 15.0 Å². The van der Waals surface area contributed by atoms with Crippen molar-refractivity contribution in [3.05, 3.63) is 36.4 Å². The molecular formula is C11H11N3O. The molecule has 0 aliphatic heterocycles. The number of pyridine rings is 1. The minimum Gasteiger partial charge on any atom is -0.481 e. The molecule has 4 nitrogen and oxygen atoms in total. The quantitative estimate of drug-likeness (QED) is 0.744. The molecular weight excluding hydrogens is 190 g/mol. The Labute approximate surface area is 88.0 Å². The van der Waals surface area contributed by atoms with Gasteiger partial charge in [0, 0.05) is 23.5 Å². The van der Waals surface area contributed by atoms with Gasteiger partial charge in [-0.3, -0.25) is 0 Å². The van der Waals surface area contributed by atoms with Gasteiger partial charge < -0.3 is 4.74 Å². The summed E-state index contributed by atoms with van der Waals surface area (Å²) in [7, 11) is 1.59. The van der Waals surface area contributed by atoms with Crippen molar-refractivity contribution in [2.24, 2.45) is 0 Å². The molecule has 0 radical (unpaired) electrons. The lowest BCUT2D eigenvalue weighted by molar-refractivity contribution is 0.398. The van der Waals surface area contributed by atoms with Crippen LogP contribution in [0.3, 0.4) is 0 Å². The summed E-state index contributed by atoms with van der Waals surface area (Å²) in [6, 6.07) is 5.66. The van der Waals surface area contributed by atoms with Crippen LogP contribution in [0, 0.1) is 6.92 Å². The maximum absolute atomic E-state index is 4.98. The van der Waals surface area contributed by atoms with E-state index in [-0.39, 0.29) is 0 Å². The molecule has 2 aromatic heterocycles. The van der Waals surface area contributed by atoms with Gasteiger partial charge in [-0.1, -0.05) is 0 Å². The van der Waals surface area contributed by atoms with Crippen LogP contribution in [0.5, 0.6) is 5.88 Å². The van der Waals surface area contributed by atoms with E-state index in [1.54, 1.807) is 19.6 Å². The van der Waals surface area contributed by atoms with Crippen LogP contribution in [0.1, 0.15) is 5.69 Å². The number of rotatable bonds is 2. The van der Waals surface area contributed by atoms with Crippen LogP contribution in [-0.4, -0.2) is 22.1 Å². The van der Waals surface area contributed by atoms with Crippen molar-refractivity contribution in [2.45, 2.75) is 6.92 Å². The Kier molecular flexibility index (Phi) is 2.58. The van der Waals surface area contributed by atoms with Crippen LogP contribution in [0.25, 0.3) is 11.3 Å². The summed E-state index contributed by atoms with van der Waals surface area (Å²) < 4.78 is 4.98. The second-order valence-corrected chi connectivity index (χ2v) is 3.13. The molecule has 0 aliphatic carbocycles. The molecule has 0 fully saturated rings. The Morgan fingerprint density at radius 2 is 2.00 bits per heavy atom. The molecule has 76 valence electrons. The van der Waals surface area contributed by atoms with Crippen molar-refractivity contribution in [1.29, 1.82) is 0 Å². The molecule has 2 aromatic rings. The van der Waals surface area contributed by atoms with Crippen molar-refractivity contribution in [3.8, 4) is 17.1 Å². The highest BCUT2D eigenvalue weighted by Gasteiger charge is 2.00. The first-order chi connectivity index (χ1) is 7.29. The highest BCUT2D eigenvalue weighted by atomic mass is 16.5. The summed E-state index contributed by atoms with van der Waals surface area (Å²) >= 11 is 0. The largest absolute Gasteiger partial charge is 0.481 e. The molecule has 15 heavy (non-hydrogen) atoms. The Morgan fingerprint density at radius 1 is 1.13 bits per heavy atom. The van der Waals surface area contributed by atoms with Gasteiger partial charge >= 0.3 is 0 Å². The molecule has 0 spiro atoms. The second-order valence-electron chi connectivity index (χ2n) is 3.13. The zero-order valence-electron chi connectivity index (χ0n) is 8.64. The maximum atomic E-state index is 4.98. The third kappa shape index (κ3) is 2.10. The van der Waals surface area contributed by atoms with Crippen LogP contribution < -0.4 is 4.74 Å². The predicted molar refractivity (Wildman–Crippen MR) is 56.6 cm³/mol. The van der Waals surface area contributed by atoms with Gasteiger partial charge in [-0.15, -0.1) is 0 Å². The standard InChI is InChI=1S/C11H11N3O/c1-8-5-10(14-7-13-8)9-3-4-11(15-2)12-6-9/h3-7H,1-2H3. The highest BCUT2D eigenvalue weighted by molar-refractivity contribution is 5.58. The van der Waals surface area contributed by atoms with Crippen molar-refractivity contribution < 1.29 is 4.74 Å². The molecule has 0 unspecified atom stereocenters. The predicted octanol–water partition coefficient (Wildman–Crippen LogP) is 1.86. The highest BCUT2D eigenvalue weighted by Crippen LogP contribution is 2.17. The fourth-order valence-electron chi connectivity index (χ4n) is 1.26. The minimum absolute atomic E-state index is 0.601. The van der Waals surface area contributed by atoms with E-state index in [1.165, 1.54) is 0 Å². The first-order valence-electron chi connectivity index (χ1n) is 4.58. The molecule has 0 N–H and O–H groups in total. The molecule has 2 heterocycles. The normalized spacial score (nSPS) is 10.0. The maximum Gasteiger partial charge on any atom is 0.212 e. The summed E-state index contributed by atoms with van der Waals surface area (Å²) in [4.78, 5) is 12.3. The van der Waals surface area contributed by atoms with Gasteiger partial charge in [0.1, 0.15) is 6.33 Å². The van der Waals surface area contributed by atoms with Crippen molar-refractivity contribution in [2.75, 3.05) is 7.11 Å². The van der Waals surface area contributed by atoms with Gasteiger partial charge in [0.15, 0.2) is 0 Å². The lowest BCUT2D eigenvalue weighted by atomic mass is 10.2. The number of hydrogen-bond donors (Lipinski definition) is 0. The number of methoxy groups -OCH3 is 1. The number of nitrogens with zero attached hydrogens (tertiary/aromatic N) is 3. The molecule has 2 rings (SSSR count). The van der Waals surface area contributed by atoms with E-state index in [4.69, 9.17) is 4.74 Å². The van der Waals surface area contributed by atoms with Crippen LogP contribution in [0.15, 0.2) is 30.7 Å². The van der Waals surface area contributed by atoms with Gasteiger partial charge in [0.05, 0.1) is 12.8 Å². The summed E-state index contributed by atoms with van der Waals surface area (Å²) in [6.45, 7) is 1.93. The third-order valence-electron chi connectivity index (χ3n) is 2.05. The van der Waals surface area contributed by atoms with Crippen molar-refractivity contribution >= 4 is 0 Å². The Bertz CT molecular complexity index is 454. The van der Waals surface area contributed by atoms with Gasteiger partial charge in [0.2, 0.25) is 5.88 Å². The van der Waals surface area contributed by atoms with Crippen molar-refractivity contribution in [3.63, 3.8) is 0 Å². The van der Waals surface area contributed by atoms with E-state index < -0.39 is 0 Å². The molecule has 4 heteroatoms. The first kappa shape index (κ1) is 9.58. The first-order valence-corrected chi connectivity index (χ1v) is 4.58. The lowest BCUT2D eigenvalue weighted by Crippen LogP contribution is -1.90. The Morgan fingerprint density at radius 3 is 2.60 bits per heavy atom. The van der Waals surface area contributed by atoms with Crippen molar-refractivity contribution in [1.82, 2.24) is 15.0 Å². The average Bonchev–Trinajstić information content (AvgIpc) is 2.29. The van der Waals surface area contributed by atoms with Gasteiger partial charge in [-0.05, 0) is 19.1 Å². The van der Waals surface area contributed by atoms with Crippen LogP contribution in [0.4, 0.5) is 0 Å². The molecule has 0 amide bonds.